The number of pyridine rings is 1. The molecule has 4 heterocycles. The third-order valence-corrected chi connectivity index (χ3v) is 6.67. The van der Waals surface area contributed by atoms with Crippen LogP contribution in [0, 0.1) is 11.3 Å². The topological polar surface area (TPSA) is 141 Å². The number of primary amides is 1. The lowest BCUT2D eigenvalue weighted by Crippen LogP contribution is -2.39. The third kappa shape index (κ3) is 5.06. The number of nitrogens with two attached hydrogens (primary N) is 1. The van der Waals surface area contributed by atoms with Crippen molar-refractivity contribution in [2.75, 3.05) is 49.6 Å². The quantitative estimate of drug-likeness (QED) is 0.564. The molecule has 0 bridgehead atoms. The minimum Gasteiger partial charge on any atom is -0.366 e. The van der Waals surface area contributed by atoms with Crippen molar-refractivity contribution in [2.24, 2.45) is 5.73 Å². The van der Waals surface area contributed by atoms with E-state index in [2.05, 4.69) is 21.3 Å². The molecular formula is C26H32N8O3. The van der Waals surface area contributed by atoms with Gasteiger partial charge in [0.1, 0.15) is 29.7 Å². The molecule has 11 heteroatoms. The summed E-state index contributed by atoms with van der Waals surface area (Å²) in [7, 11) is 1.59. The third-order valence-electron chi connectivity index (χ3n) is 6.67. The van der Waals surface area contributed by atoms with Crippen molar-refractivity contribution in [3.05, 3.63) is 52.5 Å². The number of carbonyl (C=O) groups excluding carboxylic acids is 3. The number of carbonyl (C=O) groups is 3. The van der Waals surface area contributed by atoms with E-state index in [1.807, 2.05) is 24.5 Å². The van der Waals surface area contributed by atoms with Crippen LogP contribution in [-0.2, 0) is 17.9 Å². The Morgan fingerprint density at radius 2 is 2.05 bits per heavy atom. The van der Waals surface area contributed by atoms with E-state index in [1.165, 1.54) is 16.0 Å². The number of fused-ring (bicyclic) bond motifs is 1. The number of likely N-dealkylation sites (N-methyl/N-ethyl adjacent to an activating group) is 1. The number of anilines is 2. The SMILES string of the molecule is CC(C)=CCn1c2c(c(C#N)c1N1CCCNCC1)N(C)C(=O)CN(Cc1ncccc1C(N)=O)C2=O. The van der Waals surface area contributed by atoms with Gasteiger partial charge in [-0.3, -0.25) is 19.4 Å². The molecule has 1 saturated heterocycles. The van der Waals surface area contributed by atoms with E-state index in [1.54, 1.807) is 19.2 Å². The summed E-state index contributed by atoms with van der Waals surface area (Å²) in [6.45, 7) is 6.99. The van der Waals surface area contributed by atoms with Gasteiger partial charge in [0.15, 0.2) is 0 Å². The van der Waals surface area contributed by atoms with Crippen LogP contribution in [0.25, 0.3) is 0 Å². The van der Waals surface area contributed by atoms with Gasteiger partial charge in [-0.2, -0.15) is 5.26 Å². The van der Waals surface area contributed by atoms with Crippen LogP contribution in [0.15, 0.2) is 30.0 Å². The Balaban J connectivity index is 1.90. The van der Waals surface area contributed by atoms with Crippen LogP contribution in [0.3, 0.4) is 0 Å². The first kappa shape index (κ1) is 25.9. The lowest BCUT2D eigenvalue weighted by atomic mass is 10.1. The Kier molecular flexibility index (Phi) is 7.59. The second-order valence-electron chi connectivity index (χ2n) is 9.47. The van der Waals surface area contributed by atoms with Gasteiger partial charge in [0.2, 0.25) is 5.91 Å². The molecule has 37 heavy (non-hydrogen) atoms. The maximum Gasteiger partial charge on any atom is 0.273 e. The van der Waals surface area contributed by atoms with Crippen LogP contribution >= 0.6 is 0 Å². The number of nitrogens with zero attached hydrogens (tertiary/aromatic N) is 6. The van der Waals surface area contributed by atoms with E-state index in [9.17, 15) is 19.6 Å². The zero-order chi connectivity index (χ0) is 26.7. The van der Waals surface area contributed by atoms with Crippen molar-refractivity contribution < 1.29 is 14.4 Å². The number of hydrogen-bond acceptors (Lipinski definition) is 7. The standard InChI is InChI=1S/C26H32N8O3/c1-17(2)7-12-34-23-22(19(14-27)25(34)32-11-5-8-29-10-13-32)31(3)21(35)16-33(26(23)37)15-20-18(24(28)36)6-4-9-30-20/h4,6-7,9,29H,5,8,10-13,15-16H2,1-3H3,(H2,28,36). The Bertz CT molecular complexity index is 1290. The lowest BCUT2D eigenvalue weighted by Gasteiger charge is -2.26. The zero-order valence-electron chi connectivity index (χ0n) is 21.5. The minimum atomic E-state index is -0.662. The van der Waals surface area contributed by atoms with E-state index >= 15 is 0 Å². The highest BCUT2D eigenvalue weighted by Gasteiger charge is 2.39. The highest BCUT2D eigenvalue weighted by Crippen LogP contribution is 2.39. The van der Waals surface area contributed by atoms with Crippen molar-refractivity contribution in [1.82, 2.24) is 19.8 Å². The Labute approximate surface area is 216 Å². The van der Waals surface area contributed by atoms with Crippen LogP contribution in [0.1, 0.15) is 52.4 Å². The Morgan fingerprint density at radius 3 is 2.76 bits per heavy atom. The second kappa shape index (κ2) is 10.8. The lowest BCUT2D eigenvalue weighted by molar-refractivity contribution is -0.119. The molecule has 0 aromatic carbocycles. The summed E-state index contributed by atoms with van der Waals surface area (Å²) in [6, 6.07) is 5.43. The van der Waals surface area contributed by atoms with Gasteiger partial charge in [0, 0.05) is 39.4 Å². The number of hydrogen-bond donors (Lipinski definition) is 2. The summed E-state index contributed by atoms with van der Waals surface area (Å²) in [5.74, 6) is -0.778. The van der Waals surface area contributed by atoms with Crippen molar-refractivity contribution >= 4 is 29.2 Å². The highest BCUT2D eigenvalue weighted by molar-refractivity contribution is 6.11. The van der Waals surface area contributed by atoms with Crippen LogP contribution in [-0.4, -0.2) is 71.9 Å². The number of nitrogens with one attached hydrogen (secondary N) is 1. The minimum absolute atomic E-state index is 0.0738. The largest absolute Gasteiger partial charge is 0.366 e. The van der Waals surface area contributed by atoms with Gasteiger partial charge in [-0.05, 0) is 38.9 Å². The van der Waals surface area contributed by atoms with Gasteiger partial charge in [-0.25, -0.2) is 0 Å². The first-order valence-corrected chi connectivity index (χ1v) is 12.3. The van der Waals surface area contributed by atoms with Gasteiger partial charge in [0.05, 0.1) is 23.5 Å². The molecule has 1 fully saturated rings. The molecule has 3 N–H and O–H groups in total. The average Bonchev–Trinajstić information content (AvgIpc) is 2.97. The molecule has 0 radical (unpaired) electrons. The van der Waals surface area contributed by atoms with Crippen molar-refractivity contribution in [3.8, 4) is 6.07 Å². The van der Waals surface area contributed by atoms with Crippen LogP contribution in [0.2, 0.25) is 0 Å². The molecule has 0 atom stereocenters. The number of rotatable bonds is 6. The number of nitriles is 1. The first-order chi connectivity index (χ1) is 17.7. The number of allylic oxidation sites excluding steroid dienone is 2. The molecular weight excluding hydrogens is 472 g/mol. The molecule has 2 aliphatic heterocycles. The molecule has 2 aliphatic rings. The summed E-state index contributed by atoms with van der Waals surface area (Å²) in [5.41, 5.74) is 7.97. The predicted octanol–water partition coefficient (Wildman–Crippen LogP) is 1.24. The molecule has 194 valence electrons. The monoisotopic (exact) mass is 504 g/mol. The van der Waals surface area contributed by atoms with E-state index in [4.69, 9.17) is 5.73 Å². The molecule has 2 aromatic rings. The van der Waals surface area contributed by atoms with Gasteiger partial charge in [-0.15, -0.1) is 0 Å². The fourth-order valence-corrected chi connectivity index (χ4v) is 4.79. The fourth-order valence-electron chi connectivity index (χ4n) is 4.79. The summed E-state index contributed by atoms with van der Waals surface area (Å²) in [6.07, 6.45) is 4.39. The first-order valence-electron chi connectivity index (χ1n) is 12.3. The molecule has 2 aromatic heterocycles. The van der Waals surface area contributed by atoms with Gasteiger partial charge < -0.3 is 30.3 Å². The summed E-state index contributed by atoms with van der Waals surface area (Å²) in [4.78, 5) is 48.5. The van der Waals surface area contributed by atoms with Crippen LogP contribution in [0.5, 0.6) is 0 Å². The zero-order valence-corrected chi connectivity index (χ0v) is 21.5. The Morgan fingerprint density at radius 1 is 1.27 bits per heavy atom. The second-order valence-corrected chi connectivity index (χ2v) is 9.47. The summed E-state index contributed by atoms with van der Waals surface area (Å²) in [5, 5.41) is 13.7. The molecule has 11 nitrogen and oxygen atoms in total. The van der Waals surface area contributed by atoms with Gasteiger partial charge >= 0.3 is 0 Å². The predicted molar refractivity (Wildman–Crippen MR) is 139 cm³/mol. The van der Waals surface area contributed by atoms with Gasteiger partial charge in [0.25, 0.3) is 11.8 Å². The molecule has 3 amide bonds. The molecule has 0 saturated carbocycles. The fraction of sp³-hybridized carbons (Fsp3) is 0.423. The molecule has 0 unspecified atom stereocenters. The average molecular weight is 505 g/mol. The number of amides is 3. The van der Waals surface area contributed by atoms with Crippen molar-refractivity contribution in [3.63, 3.8) is 0 Å². The smallest absolute Gasteiger partial charge is 0.273 e. The summed E-state index contributed by atoms with van der Waals surface area (Å²) < 4.78 is 1.85. The molecule has 0 aliphatic carbocycles. The van der Waals surface area contributed by atoms with E-state index in [0.29, 0.717) is 42.4 Å². The van der Waals surface area contributed by atoms with Crippen LogP contribution in [0.4, 0.5) is 11.5 Å². The summed E-state index contributed by atoms with van der Waals surface area (Å²) >= 11 is 0. The van der Waals surface area contributed by atoms with E-state index in [0.717, 1.165) is 25.1 Å². The normalized spacial score (nSPS) is 16.1. The number of aromatic nitrogens is 2. The highest BCUT2D eigenvalue weighted by atomic mass is 16.2. The van der Waals surface area contributed by atoms with E-state index in [-0.39, 0.29) is 30.3 Å². The maximum absolute atomic E-state index is 14.1. The maximum atomic E-state index is 14.1. The van der Waals surface area contributed by atoms with Crippen molar-refractivity contribution in [2.45, 2.75) is 33.4 Å². The van der Waals surface area contributed by atoms with Crippen LogP contribution < -0.4 is 20.9 Å². The molecule has 4 rings (SSSR count). The van der Waals surface area contributed by atoms with Crippen molar-refractivity contribution in [1.29, 1.82) is 5.26 Å². The van der Waals surface area contributed by atoms with Gasteiger partial charge in [-0.1, -0.05) is 11.6 Å². The molecule has 0 spiro atoms. The van der Waals surface area contributed by atoms with E-state index < -0.39 is 11.8 Å². The Hall–Kier alpha value is -4.17.